The zero-order chi connectivity index (χ0) is 17.9. The average molecular weight is 374 g/mol. The molecule has 1 aromatic carbocycles. The highest BCUT2D eigenvalue weighted by Crippen LogP contribution is 2.32. The third-order valence-corrected chi connectivity index (χ3v) is 5.13. The third-order valence-electron chi connectivity index (χ3n) is 4.19. The van der Waals surface area contributed by atoms with Gasteiger partial charge in [0, 0.05) is 36.4 Å². The molecule has 3 heterocycles. The Hall–Kier alpha value is -2.68. The highest BCUT2D eigenvalue weighted by molar-refractivity contribution is 7.99. The molecule has 0 spiro atoms. The summed E-state index contributed by atoms with van der Waals surface area (Å²) in [4.78, 5) is 26.5. The predicted octanol–water partition coefficient (Wildman–Crippen LogP) is 1.44. The number of nitrogens with one attached hydrogen (secondary N) is 1. The molecular weight excluding hydrogens is 356 g/mol. The number of hydrogen-bond acceptors (Lipinski definition) is 6. The fourth-order valence-electron chi connectivity index (χ4n) is 2.81. The van der Waals surface area contributed by atoms with E-state index in [2.05, 4.69) is 10.4 Å². The van der Waals surface area contributed by atoms with E-state index in [9.17, 15) is 9.59 Å². The normalized spacial score (nSPS) is 15.8. The number of nitrogens with zero attached hydrogens (tertiary/aromatic N) is 3. The first kappa shape index (κ1) is 16.8. The van der Waals surface area contributed by atoms with Gasteiger partial charge in [-0.1, -0.05) is 0 Å². The van der Waals surface area contributed by atoms with Crippen LogP contribution in [0.4, 0.5) is 5.69 Å². The van der Waals surface area contributed by atoms with E-state index in [1.807, 2.05) is 16.7 Å². The molecule has 1 fully saturated rings. The number of thioether (sulfide) groups is 1. The van der Waals surface area contributed by atoms with Crippen LogP contribution >= 0.6 is 11.8 Å². The number of anilines is 1. The number of rotatable bonds is 4. The Labute approximate surface area is 154 Å². The van der Waals surface area contributed by atoms with Crippen LogP contribution in [0.25, 0.3) is 0 Å². The lowest BCUT2D eigenvalue weighted by molar-refractivity contribution is -0.131. The molecule has 9 heteroatoms. The smallest absolute Gasteiger partial charge is 0.255 e. The summed E-state index contributed by atoms with van der Waals surface area (Å²) in [5.41, 5.74) is 0.999. The van der Waals surface area contributed by atoms with Crippen LogP contribution in [0.15, 0.2) is 30.6 Å². The van der Waals surface area contributed by atoms with Gasteiger partial charge in [-0.05, 0) is 18.2 Å². The van der Waals surface area contributed by atoms with E-state index in [0.717, 1.165) is 24.6 Å². The number of hydrogen-bond donors (Lipinski definition) is 1. The van der Waals surface area contributed by atoms with Gasteiger partial charge in [0.25, 0.3) is 5.91 Å². The topological polar surface area (TPSA) is 85.7 Å². The van der Waals surface area contributed by atoms with Crippen LogP contribution in [0.3, 0.4) is 0 Å². The van der Waals surface area contributed by atoms with E-state index < -0.39 is 0 Å². The van der Waals surface area contributed by atoms with Crippen LogP contribution < -0.4 is 14.8 Å². The van der Waals surface area contributed by atoms with Crippen molar-refractivity contribution in [1.29, 1.82) is 0 Å². The number of amides is 2. The zero-order valence-electron chi connectivity index (χ0n) is 14.0. The van der Waals surface area contributed by atoms with E-state index >= 15 is 0 Å². The fourth-order valence-corrected chi connectivity index (χ4v) is 3.71. The summed E-state index contributed by atoms with van der Waals surface area (Å²) in [6.07, 6.45) is 3.19. The van der Waals surface area contributed by atoms with Crippen molar-refractivity contribution in [3.05, 3.63) is 36.2 Å². The van der Waals surface area contributed by atoms with Gasteiger partial charge in [0.15, 0.2) is 11.5 Å². The summed E-state index contributed by atoms with van der Waals surface area (Å²) in [7, 11) is 0. The third kappa shape index (κ3) is 3.62. The highest BCUT2D eigenvalue weighted by Gasteiger charge is 2.19. The monoisotopic (exact) mass is 374 g/mol. The maximum atomic E-state index is 12.4. The second-order valence-electron chi connectivity index (χ2n) is 5.94. The zero-order valence-corrected chi connectivity index (χ0v) is 14.8. The van der Waals surface area contributed by atoms with Crippen molar-refractivity contribution in [2.24, 2.45) is 0 Å². The summed E-state index contributed by atoms with van der Waals surface area (Å²) in [5.74, 6) is 2.90. The van der Waals surface area contributed by atoms with Crippen LogP contribution in [-0.2, 0) is 11.3 Å². The van der Waals surface area contributed by atoms with Gasteiger partial charge in [-0.3, -0.25) is 14.3 Å². The second-order valence-corrected chi connectivity index (χ2v) is 7.17. The van der Waals surface area contributed by atoms with Crippen molar-refractivity contribution < 1.29 is 19.1 Å². The average Bonchev–Trinajstić information content (AvgIpc) is 3.31. The molecule has 136 valence electrons. The summed E-state index contributed by atoms with van der Waals surface area (Å²) in [5, 5.41) is 6.94. The minimum atomic E-state index is -0.276. The standard InChI is InChI=1S/C17H18N4O4S/c22-16(20-3-5-26-6-4-20)10-21-9-13(8-18-21)19-17(23)12-1-2-14-15(7-12)25-11-24-14/h1-2,7-9H,3-6,10-11H2,(H,19,23). The quantitative estimate of drug-likeness (QED) is 0.872. The number of benzene rings is 1. The maximum absolute atomic E-state index is 12.4. The SMILES string of the molecule is O=C(Nc1cnn(CC(=O)N2CCSCC2)c1)c1ccc2c(c1)OCO2. The number of ether oxygens (including phenoxy) is 2. The van der Waals surface area contributed by atoms with Crippen LogP contribution in [0.5, 0.6) is 11.5 Å². The Morgan fingerprint density at radius 3 is 2.85 bits per heavy atom. The van der Waals surface area contributed by atoms with E-state index in [1.165, 1.54) is 6.20 Å². The van der Waals surface area contributed by atoms with Gasteiger partial charge in [-0.2, -0.15) is 16.9 Å². The molecule has 1 aromatic heterocycles. The molecule has 0 atom stereocenters. The Morgan fingerprint density at radius 1 is 1.19 bits per heavy atom. The summed E-state index contributed by atoms with van der Waals surface area (Å²) in [6.45, 7) is 1.89. The Morgan fingerprint density at radius 2 is 2.00 bits per heavy atom. The molecule has 2 aliphatic rings. The largest absolute Gasteiger partial charge is 0.454 e. The summed E-state index contributed by atoms with van der Waals surface area (Å²) in [6, 6.07) is 5.02. The lowest BCUT2D eigenvalue weighted by Gasteiger charge is -2.26. The van der Waals surface area contributed by atoms with Crippen molar-refractivity contribution in [3.63, 3.8) is 0 Å². The highest BCUT2D eigenvalue weighted by atomic mass is 32.2. The maximum Gasteiger partial charge on any atom is 0.255 e. The number of carbonyl (C=O) groups is 2. The first-order valence-corrected chi connectivity index (χ1v) is 9.43. The number of fused-ring (bicyclic) bond motifs is 1. The molecule has 0 bridgehead atoms. The van der Waals surface area contributed by atoms with Gasteiger partial charge in [0.05, 0.1) is 11.9 Å². The molecule has 1 saturated heterocycles. The molecule has 0 saturated carbocycles. The fraction of sp³-hybridized carbons (Fsp3) is 0.353. The molecule has 26 heavy (non-hydrogen) atoms. The lowest BCUT2D eigenvalue weighted by atomic mass is 10.2. The molecule has 0 aliphatic carbocycles. The van der Waals surface area contributed by atoms with E-state index in [4.69, 9.17) is 9.47 Å². The van der Waals surface area contributed by atoms with Gasteiger partial charge in [-0.25, -0.2) is 0 Å². The van der Waals surface area contributed by atoms with Gasteiger partial charge >= 0.3 is 0 Å². The summed E-state index contributed by atoms with van der Waals surface area (Å²) < 4.78 is 12.1. The van der Waals surface area contributed by atoms with Crippen LogP contribution in [0.1, 0.15) is 10.4 Å². The van der Waals surface area contributed by atoms with Crippen molar-refractivity contribution in [2.45, 2.75) is 6.54 Å². The molecule has 2 aromatic rings. The van der Waals surface area contributed by atoms with Crippen LogP contribution in [0.2, 0.25) is 0 Å². The lowest BCUT2D eigenvalue weighted by Crippen LogP contribution is -2.39. The molecule has 2 aliphatic heterocycles. The Bertz CT molecular complexity index is 832. The minimum Gasteiger partial charge on any atom is -0.454 e. The molecule has 1 N–H and O–H groups in total. The van der Waals surface area contributed by atoms with E-state index in [1.54, 1.807) is 29.1 Å². The first-order chi connectivity index (χ1) is 12.7. The van der Waals surface area contributed by atoms with Crippen molar-refractivity contribution in [1.82, 2.24) is 14.7 Å². The minimum absolute atomic E-state index is 0.0436. The van der Waals surface area contributed by atoms with Crippen LogP contribution in [-0.4, -0.2) is 57.9 Å². The number of carbonyl (C=O) groups excluding carboxylic acids is 2. The van der Waals surface area contributed by atoms with Crippen LogP contribution in [0, 0.1) is 0 Å². The van der Waals surface area contributed by atoms with Gasteiger partial charge in [-0.15, -0.1) is 0 Å². The molecule has 4 rings (SSSR count). The molecular formula is C17H18N4O4S. The van der Waals surface area contributed by atoms with E-state index in [0.29, 0.717) is 22.7 Å². The van der Waals surface area contributed by atoms with Crippen molar-refractivity contribution >= 4 is 29.3 Å². The molecule has 0 unspecified atom stereocenters. The van der Waals surface area contributed by atoms with Gasteiger partial charge in [0.2, 0.25) is 12.7 Å². The first-order valence-electron chi connectivity index (χ1n) is 8.28. The van der Waals surface area contributed by atoms with Gasteiger partial charge < -0.3 is 19.7 Å². The summed E-state index contributed by atoms with van der Waals surface area (Å²) >= 11 is 1.86. The Balaban J connectivity index is 1.37. The predicted molar refractivity (Wildman–Crippen MR) is 96.7 cm³/mol. The molecule has 2 amide bonds. The molecule has 0 radical (unpaired) electrons. The number of aromatic nitrogens is 2. The van der Waals surface area contributed by atoms with Gasteiger partial charge in [0.1, 0.15) is 6.54 Å². The van der Waals surface area contributed by atoms with Crippen molar-refractivity contribution in [3.8, 4) is 11.5 Å². The van der Waals surface area contributed by atoms with Crippen molar-refractivity contribution in [2.75, 3.05) is 36.7 Å². The Kier molecular flexibility index (Phi) is 4.70. The molecule has 8 nitrogen and oxygen atoms in total. The van der Waals surface area contributed by atoms with E-state index in [-0.39, 0.29) is 25.2 Å². The second kappa shape index (κ2) is 7.28.